The van der Waals surface area contributed by atoms with Gasteiger partial charge in [0.25, 0.3) is 0 Å². The lowest BCUT2D eigenvalue weighted by Gasteiger charge is -2.09. The predicted octanol–water partition coefficient (Wildman–Crippen LogP) is 2.15. The molecular formula is C10H13N3. The van der Waals surface area contributed by atoms with E-state index in [1.54, 1.807) is 6.20 Å². The Hall–Kier alpha value is -1.51. The number of imidazole rings is 1. The molecule has 0 saturated heterocycles. The van der Waals surface area contributed by atoms with Gasteiger partial charge in [-0.1, -0.05) is 0 Å². The highest BCUT2D eigenvalue weighted by molar-refractivity contribution is 5.50. The fourth-order valence-corrected chi connectivity index (χ4v) is 1.34. The van der Waals surface area contributed by atoms with E-state index in [9.17, 15) is 0 Å². The Morgan fingerprint density at radius 2 is 2.23 bits per heavy atom. The molecule has 2 heterocycles. The molecule has 2 aromatic heterocycles. The highest BCUT2D eigenvalue weighted by Crippen LogP contribution is 2.10. The molecule has 0 unspecified atom stereocenters. The van der Waals surface area contributed by atoms with E-state index in [0.29, 0.717) is 6.04 Å². The maximum atomic E-state index is 4.17. The summed E-state index contributed by atoms with van der Waals surface area (Å²) in [6.45, 7) is 4.25. The first-order valence-corrected chi connectivity index (χ1v) is 4.45. The SMILES string of the molecule is CC(C)Nc1ccc2nccn2c1. The van der Waals surface area contributed by atoms with Crippen molar-refractivity contribution in [3.63, 3.8) is 0 Å². The van der Waals surface area contributed by atoms with Gasteiger partial charge in [-0.15, -0.1) is 0 Å². The van der Waals surface area contributed by atoms with Gasteiger partial charge in [0.05, 0.1) is 5.69 Å². The van der Waals surface area contributed by atoms with Crippen molar-refractivity contribution in [3.8, 4) is 0 Å². The van der Waals surface area contributed by atoms with Crippen molar-refractivity contribution in [2.75, 3.05) is 5.32 Å². The van der Waals surface area contributed by atoms with E-state index in [1.807, 2.05) is 28.9 Å². The van der Waals surface area contributed by atoms with Crippen LogP contribution in [-0.2, 0) is 0 Å². The number of rotatable bonds is 2. The van der Waals surface area contributed by atoms with Gasteiger partial charge >= 0.3 is 0 Å². The van der Waals surface area contributed by atoms with Crippen LogP contribution in [0.1, 0.15) is 13.8 Å². The summed E-state index contributed by atoms with van der Waals surface area (Å²) < 4.78 is 2.00. The van der Waals surface area contributed by atoms with E-state index in [-0.39, 0.29) is 0 Å². The van der Waals surface area contributed by atoms with Crippen molar-refractivity contribution in [2.24, 2.45) is 0 Å². The molecule has 0 amide bonds. The fraction of sp³-hybridized carbons (Fsp3) is 0.300. The predicted molar refractivity (Wildman–Crippen MR) is 54.0 cm³/mol. The summed E-state index contributed by atoms with van der Waals surface area (Å²) in [5, 5.41) is 3.34. The second-order valence-corrected chi connectivity index (χ2v) is 3.41. The van der Waals surface area contributed by atoms with Crippen molar-refractivity contribution >= 4 is 11.3 Å². The van der Waals surface area contributed by atoms with Gasteiger partial charge in [0.2, 0.25) is 0 Å². The van der Waals surface area contributed by atoms with E-state index < -0.39 is 0 Å². The molecule has 0 aliphatic carbocycles. The number of nitrogens with zero attached hydrogens (tertiary/aromatic N) is 2. The molecule has 2 rings (SSSR count). The molecule has 3 heteroatoms. The average molecular weight is 175 g/mol. The zero-order valence-electron chi connectivity index (χ0n) is 7.86. The van der Waals surface area contributed by atoms with Gasteiger partial charge < -0.3 is 9.72 Å². The first-order chi connectivity index (χ1) is 6.25. The second kappa shape index (κ2) is 3.09. The van der Waals surface area contributed by atoms with E-state index in [1.165, 1.54) is 0 Å². The third-order valence-corrected chi connectivity index (χ3v) is 1.84. The van der Waals surface area contributed by atoms with E-state index in [2.05, 4.69) is 24.1 Å². The molecule has 0 aliphatic rings. The van der Waals surface area contributed by atoms with Crippen LogP contribution in [0.4, 0.5) is 5.69 Å². The topological polar surface area (TPSA) is 29.3 Å². The van der Waals surface area contributed by atoms with Gasteiger partial charge in [-0.05, 0) is 26.0 Å². The Balaban J connectivity index is 2.37. The van der Waals surface area contributed by atoms with Crippen LogP contribution in [-0.4, -0.2) is 15.4 Å². The molecule has 13 heavy (non-hydrogen) atoms. The summed E-state index contributed by atoms with van der Waals surface area (Å²) in [4.78, 5) is 4.17. The number of anilines is 1. The number of fused-ring (bicyclic) bond motifs is 1. The zero-order valence-corrected chi connectivity index (χ0v) is 7.86. The van der Waals surface area contributed by atoms with Gasteiger partial charge in [0.15, 0.2) is 0 Å². The molecule has 3 nitrogen and oxygen atoms in total. The quantitative estimate of drug-likeness (QED) is 0.757. The summed E-state index contributed by atoms with van der Waals surface area (Å²) in [5.41, 5.74) is 2.11. The Morgan fingerprint density at radius 1 is 1.38 bits per heavy atom. The molecule has 0 spiro atoms. The minimum absolute atomic E-state index is 0.459. The summed E-state index contributed by atoms with van der Waals surface area (Å²) in [5.74, 6) is 0. The van der Waals surface area contributed by atoms with Crippen molar-refractivity contribution in [1.29, 1.82) is 0 Å². The molecule has 68 valence electrons. The van der Waals surface area contributed by atoms with E-state index in [4.69, 9.17) is 0 Å². The lowest BCUT2D eigenvalue weighted by atomic mass is 10.3. The van der Waals surface area contributed by atoms with Crippen molar-refractivity contribution in [2.45, 2.75) is 19.9 Å². The summed E-state index contributed by atoms with van der Waals surface area (Å²) in [7, 11) is 0. The molecule has 0 radical (unpaired) electrons. The average Bonchev–Trinajstić information content (AvgIpc) is 2.49. The molecule has 0 saturated carbocycles. The Labute approximate surface area is 77.4 Å². The van der Waals surface area contributed by atoms with Gasteiger partial charge in [-0.2, -0.15) is 0 Å². The standard InChI is InChI=1S/C10H13N3/c1-8(2)12-9-3-4-10-11-5-6-13(10)7-9/h3-8,12H,1-2H3. The largest absolute Gasteiger partial charge is 0.382 e. The summed E-state index contributed by atoms with van der Waals surface area (Å²) >= 11 is 0. The van der Waals surface area contributed by atoms with Crippen LogP contribution in [0.5, 0.6) is 0 Å². The highest BCUT2D eigenvalue weighted by Gasteiger charge is 1.97. The molecule has 0 bridgehead atoms. The molecule has 0 fully saturated rings. The van der Waals surface area contributed by atoms with Gasteiger partial charge in [-0.25, -0.2) is 4.98 Å². The number of pyridine rings is 1. The molecule has 0 aliphatic heterocycles. The van der Waals surface area contributed by atoms with Crippen LogP contribution in [0.2, 0.25) is 0 Å². The first kappa shape index (κ1) is 8.10. The third-order valence-electron chi connectivity index (χ3n) is 1.84. The molecule has 2 aromatic rings. The number of hydrogen-bond acceptors (Lipinski definition) is 2. The van der Waals surface area contributed by atoms with Crippen LogP contribution in [0.15, 0.2) is 30.7 Å². The Kier molecular flexibility index (Phi) is 1.93. The van der Waals surface area contributed by atoms with Gasteiger partial charge in [0.1, 0.15) is 5.65 Å². The molecular weight excluding hydrogens is 162 g/mol. The number of nitrogens with one attached hydrogen (secondary N) is 1. The van der Waals surface area contributed by atoms with Crippen LogP contribution in [0.3, 0.4) is 0 Å². The van der Waals surface area contributed by atoms with Crippen molar-refractivity contribution in [3.05, 3.63) is 30.7 Å². The summed E-state index contributed by atoms with van der Waals surface area (Å²) in [6.07, 6.45) is 5.79. The number of aromatic nitrogens is 2. The second-order valence-electron chi connectivity index (χ2n) is 3.41. The monoisotopic (exact) mass is 175 g/mol. The lowest BCUT2D eigenvalue weighted by molar-refractivity contribution is 0.896. The highest BCUT2D eigenvalue weighted by atomic mass is 15.0. The minimum Gasteiger partial charge on any atom is -0.382 e. The van der Waals surface area contributed by atoms with E-state index >= 15 is 0 Å². The van der Waals surface area contributed by atoms with Crippen LogP contribution in [0, 0.1) is 0 Å². The van der Waals surface area contributed by atoms with Crippen molar-refractivity contribution in [1.82, 2.24) is 9.38 Å². The van der Waals surface area contributed by atoms with E-state index in [0.717, 1.165) is 11.3 Å². The van der Waals surface area contributed by atoms with Crippen LogP contribution >= 0.6 is 0 Å². The normalized spacial score (nSPS) is 11.0. The summed E-state index contributed by atoms with van der Waals surface area (Å²) in [6, 6.07) is 4.51. The van der Waals surface area contributed by atoms with Crippen molar-refractivity contribution < 1.29 is 0 Å². The first-order valence-electron chi connectivity index (χ1n) is 4.45. The maximum Gasteiger partial charge on any atom is 0.136 e. The number of hydrogen-bond donors (Lipinski definition) is 1. The van der Waals surface area contributed by atoms with Gasteiger partial charge in [0, 0.05) is 24.6 Å². The Morgan fingerprint density at radius 3 is 3.00 bits per heavy atom. The third kappa shape index (κ3) is 1.64. The van der Waals surface area contributed by atoms with Crippen LogP contribution in [0.25, 0.3) is 5.65 Å². The molecule has 0 atom stereocenters. The smallest absolute Gasteiger partial charge is 0.136 e. The Bertz CT molecular complexity index is 403. The molecule has 0 aromatic carbocycles. The van der Waals surface area contributed by atoms with Gasteiger partial charge in [-0.3, -0.25) is 0 Å². The maximum absolute atomic E-state index is 4.17. The fourth-order valence-electron chi connectivity index (χ4n) is 1.34. The molecule has 1 N–H and O–H groups in total. The minimum atomic E-state index is 0.459. The zero-order chi connectivity index (χ0) is 9.26. The van der Waals surface area contributed by atoms with Crippen LogP contribution < -0.4 is 5.32 Å². The lowest BCUT2D eigenvalue weighted by Crippen LogP contribution is -2.09.